The highest BCUT2D eigenvalue weighted by Crippen LogP contribution is 2.40. The fraction of sp³-hybridized carbons (Fsp3) is 0.571. The van der Waals surface area contributed by atoms with Gasteiger partial charge in [-0.05, 0) is 38.9 Å². The first-order valence-electron chi connectivity index (χ1n) is 6.05. The Kier molecular flexibility index (Phi) is 3.29. The lowest BCUT2D eigenvalue weighted by Crippen LogP contribution is -2.38. The summed E-state index contributed by atoms with van der Waals surface area (Å²) in [5, 5.41) is 0. The number of ether oxygens (including phenoxy) is 2. The van der Waals surface area contributed by atoms with Crippen LogP contribution in [-0.4, -0.2) is 32.2 Å². The largest absolute Gasteiger partial charge is 0.497 e. The molecule has 1 aliphatic heterocycles. The molecule has 2 rings (SSSR count). The van der Waals surface area contributed by atoms with E-state index >= 15 is 0 Å². The molecule has 0 saturated heterocycles. The van der Waals surface area contributed by atoms with Crippen molar-refractivity contribution in [1.82, 2.24) is 4.90 Å². The molecular weight excluding hydrogens is 214 g/mol. The molecule has 0 radical (unpaired) electrons. The van der Waals surface area contributed by atoms with Crippen LogP contribution in [0.25, 0.3) is 0 Å². The van der Waals surface area contributed by atoms with E-state index in [-0.39, 0.29) is 0 Å². The molecule has 1 aromatic carbocycles. The second-order valence-electron chi connectivity index (χ2n) is 4.80. The van der Waals surface area contributed by atoms with E-state index in [1.54, 1.807) is 14.2 Å². The molecule has 0 bridgehead atoms. The van der Waals surface area contributed by atoms with Crippen molar-refractivity contribution < 1.29 is 9.47 Å². The minimum Gasteiger partial charge on any atom is -0.497 e. The molecule has 2 atom stereocenters. The van der Waals surface area contributed by atoms with Gasteiger partial charge in [0.2, 0.25) is 0 Å². The van der Waals surface area contributed by atoms with Gasteiger partial charge in [-0.25, -0.2) is 0 Å². The lowest BCUT2D eigenvalue weighted by atomic mass is 9.89. The number of methoxy groups -OCH3 is 2. The zero-order valence-corrected chi connectivity index (χ0v) is 11.3. The average Bonchev–Trinajstić information content (AvgIpc) is 2.34. The van der Waals surface area contributed by atoms with Crippen LogP contribution in [0, 0.1) is 0 Å². The monoisotopic (exact) mass is 235 g/mol. The summed E-state index contributed by atoms with van der Waals surface area (Å²) in [7, 11) is 5.59. The van der Waals surface area contributed by atoms with Crippen LogP contribution in [0.2, 0.25) is 0 Å². The van der Waals surface area contributed by atoms with E-state index < -0.39 is 0 Å². The van der Waals surface area contributed by atoms with Crippen molar-refractivity contribution in [3.63, 3.8) is 0 Å². The summed E-state index contributed by atoms with van der Waals surface area (Å²) < 4.78 is 10.8. The van der Waals surface area contributed by atoms with Gasteiger partial charge in [-0.2, -0.15) is 0 Å². The van der Waals surface area contributed by atoms with E-state index in [1.165, 1.54) is 11.1 Å². The molecule has 0 amide bonds. The molecule has 0 unspecified atom stereocenters. The molecule has 0 saturated carbocycles. The van der Waals surface area contributed by atoms with E-state index in [0.29, 0.717) is 12.1 Å². The number of nitrogens with zero attached hydrogens (tertiary/aromatic N) is 1. The highest BCUT2D eigenvalue weighted by Gasteiger charge is 2.29. The van der Waals surface area contributed by atoms with Gasteiger partial charge >= 0.3 is 0 Å². The first-order chi connectivity index (χ1) is 8.08. The second kappa shape index (κ2) is 4.57. The highest BCUT2D eigenvalue weighted by molar-refractivity contribution is 5.49. The van der Waals surface area contributed by atoms with Crippen molar-refractivity contribution in [2.24, 2.45) is 0 Å². The van der Waals surface area contributed by atoms with Crippen molar-refractivity contribution in [2.45, 2.75) is 32.4 Å². The lowest BCUT2D eigenvalue weighted by Gasteiger charge is -2.38. The van der Waals surface area contributed by atoms with E-state index in [2.05, 4.69) is 31.9 Å². The normalized spacial score (nSPS) is 24.3. The van der Waals surface area contributed by atoms with E-state index in [1.807, 2.05) is 6.07 Å². The Balaban J connectivity index is 2.54. The molecule has 0 aliphatic carbocycles. The molecule has 3 nitrogen and oxygen atoms in total. The molecule has 1 aliphatic rings. The third-order valence-corrected chi connectivity index (χ3v) is 3.90. The highest BCUT2D eigenvalue weighted by atomic mass is 16.5. The van der Waals surface area contributed by atoms with Gasteiger partial charge in [0.05, 0.1) is 14.2 Å². The molecule has 0 aromatic heterocycles. The molecule has 3 heteroatoms. The number of fused-ring (bicyclic) bond motifs is 1. The fourth-order valence-corrected chi connectivity index (χ4v) is 2.63. The molecule has 0 N–H and O–H groups in total. The molecule has 0 fully saturated rings. The average molecular weight is 235 g/mol. The molecule has 94 valence electrons. The van der Waals surface area contributed by atoms with Crippen LogP contribution in [0.3, 0.4) is 0 Å². The standard InChI is InChI=1S/C14H21NO2/c1-9-6-11-7-12(16-4)8-13(17-5)14(11)10(2)15(9)3/h7-10H,6H2,1-5H3/t9-,10+/m0/s1. The maximum Gasteiger partial charge on any atom is 0.127 e. The summed E-state index contributed by atoms with van der Waals surface area (Å²) in [5.41, 5.74) is 2.65. The maximum absolute atomic E-state index is 5.50. The van der Waals surface area contributed by atoms with Crippen LogP contribution in [0.4, 0.5) is 0 Å². The summed E-state index contributed by atoms with van der Waals surface area (Å²) in [5.74, 6) is 1.81. The van der Waals surface area contributed by atoms with Crippen LogP contribution in [0.1, 0.15) is 31.0 Å². The number of benzene rings is 1. The summed E-state index contributed by atoms with van der Waals surface area (Å²) in [4.78, 5) is 2.39. The van der Waals surface area contributed by atoms with Gasteiger partial charge in [0.15, 0.2) is 0 Å². The van der Waals surface area contributed by atoms with Crippen LogP contribution in [-0.2, 0) is 6.42 Å². The van der Waals surface area contributed by atoms with Gasteiger partial charge in [-0.3, -0.25) is 4.90 Å². The zero-order chi connectivity index (χ0) is 12.6. The topological polar surface area (TPSA) is 21.7 Å². The number of hydrogen-bond donors (Lipinski definition) is 0. The summed E-state index contributed by atoms with van der Waals surface area (Å²) in [6.45, 7) is 4.48. The Morgan fingerprint density at radius 2 is 1.88 bits per heavy atom. The van der Waals surface area contributed by atoms with Crippen molar-refractivity contribution >= 4 is 0 Å². The first-order valence-corrected chi connectivity index (χ1v) is 6.05. The molecule has 0 spiro atoms. The van der Waals surface area contributed by atoms with Gasteiger partial charge in [0.25, 0.3) is 0 Å². The van der Waals surface area contributed by atoms with E-state index in [9.17, 15) is 0 Å². The SMILES string of the molecule is COc1cc2c(c(OC)c1)[C@@H](C)N(C)[C@@H](C)C2. The third-order valence-electron chi connectivity index (χ3n) is 3.90. The number of likely N-dealkylation sites (N-methyl/N-ethyl adjacent to an activating group) is 1. The van der Waals surface area contributed by atoms with Crippen molar-refractivity contribution in [1.29, 1.82) is 0 Å². The number of rotatable bonds is 2. The molecule has 17 heavy (non-hydrogen) atoms. The fourth-order valence-electron chi connectivity index (χ4n) is 2.63. The smallest absolute Gasteiger partial charge is 0.127 e. The predicted octanol–water partition coefficient (Wildman–Crippen LogP) is 2.64. The van der Waals surface area contributed by atoms with Gasteiger partial charge in [0, 0.05) is 23.7 Å². The summed E-state index contributed by atoms with van der Waals surface area (Å²) >= 11 is 0. The lowest BCUT2D eigenvalue weighted by molar-refractivity contribution is 0.175. The van der Waals surface area contributed by atoms with Crippen LogP contribution < -0.4 is 9.47 Å². The summed E-state index contributed by atoms with van der Waals surface area (Å²) in [6.07, 6.45) is 1.05. The van der Waals surface area contributed by atoms with Gasteiger partial charge in [0.1, 0.15) is 11.5 Å². The Hall–Kier alpha value is -1.22. The zero-order valence-electron chi connectivity index (χ0n) is 11.3. The minimum absolute atomic E-state index is 0.384. The Morgan fingerprint density at radius 1 is 1.18 bits per heavy atom. The first kappa shape index (κ1) is 12.2. The van der Waals surface area contributed by atoms with Gasteiger partial charge in [-0.15, -0.1) is 0 Å². The Morgan fingerprint density at radius 3 is 2.47 bits per heavy atom. The Bertz CT molecular complexity index is 417. The van der Waals surface area contributed by atoms with Crippen LogP contribution in [0.5, 0.6) is 11.5 Å². The van der Waals surface area contributed by atoms with Crippen molar-refractivity contribution in [3.05, 3.63) is 23.3 Å². The van der Waals surface area contributed by atoms with Gasteiger partial charge in [-0.1, -0.05) is 0 Å². The van der Waals surface area contributed by atoms with Crippen molar-refractivity contribution in [3.8, 4) is 11.5 Å². The number of hydrogen-bond acceptors (Lipinski definition) is 3. The second-order valence-corrected chi connectivity index (χ2v) is 4.80. The van der Waals surface area contributed by atoms with Crippen LogP contribution in [0.15, 0.2) is 12.1 Å². The predicted molar refractivity (Wildman–Crippen MR) is 68.9 cm³/mol. The molecule has 1 aromatic rings. The van der Waals surface area contributed by atoms with Gasteiger partial charge < -0.3 is 9.47 Å². The van der Waals surface area contributed by atoms with E-state index in [4.69, 9.17) is 9.47 Å². The quantitative estimate of drug-likeness (QED) is 0.786. The Labute approximate surface area is 103 Å². The molecular formula is C14H21NO2. The van der Waals surface area contributed by atoms with Crippen molar-refractivity contribution in [2.75, 3.05) is 21.3 Å². The van der Waals surface area contributed by atoms with Crippen LogP contribution >= 0.6 is 0 Å². The summed E-state index contributed by atoms with van der Waals surface area (Å²) in [6, 6.07) is 5.04. The third kappa shape index (κ3) is 2.00. The minimum atomic E-state index is 0.384. The molecule has 1 heterocycles. The maximum atomic E-state index is 5.50. The van der Waals surface area contributed by atoms with E-state index in [0.717, 1.165) is 17.9 Å².